The zero-order valence-corrected chi connectivity index (χ0v) is 16.4. The SMILES string of the molecule is CC(C)(c1cccc2c1oc1ccccc12)c1cccc2c1oc1ccccc12. The largest absolute Gasteiger partial charge is 0.456 e. The second-order valence-electron chi connectivity index (χ2n) is 8.19. The molecule has 0 aliphatic rings. The van der Waals surface area contributed by atoms with Crippen molar-refractivity contribution in [1.82, 2.24) is 0 Å². The van der Waals surface area contributed by atoms with E-state index in [1.54, 1.807) is 0 Å². The Labute approximate surface area is 168 Å². The summed E-state index contributed by atoms with van der Waals surface area (Å²) in [6.45, 7) is 4.49. The van der Waals surface area contributed by atoms with E-state index in [9.17, 15) is 0 Å². The van der Waals surface area contributed by atoms with E-state index in [1.807, 2.05) is 24.3 Å². The van der Waals surface area contributed by atoms with Gasteiger partial charge in [-0.25, -0.2) is 0 Å². The van der Waals surface area contributed by atoms with Gasteiger partial charge < -0.3 is 8.83 Å². The fraction of sp³-hybridized carbons (Fsp3) is 0.111. The molecule has 0 atom stereocenters. The summed E-state index contributed by atoms with van der Waals surface area (Å²) in [4.78, 5) is 0. The lowest BCUT2D eigenvalue weighted by molar-refractivity contribution is 0.592. The summed E-state index contributed by atoms with van der Waals surface area (Å²) in [7, 11) is 0. The molecule has 0 radical (unpaired) electrons. The van der Waals surface area contributed by atoms with E-state index in [0.717, 1.165) is 43.9 Å². The number of hydrogen-bond donors (Lipinski definition) is 0. The van der Waals surface area contributed by atoms with Crippen molar-refractivity contribution in [3.63, 3.8) is 0 Å². The number of hydrogen-bond acceptors (Lipinski definition) is 2. The van der Waals surface area contributed by atoms with Crippen LogP contribution in [-0.2, 0) is 5.41 Å². The molecule has 0 aliphatic heterocycles. The third-order valence-corrected chi connectivity index (χ3v) is 6.16. The highest BCUT2D eigenvalue weighted by Gasteiger charge is 2.30. The average molecular weight is 376 g/mol. The maximum absolute atomic E-state index is 6.33. The average Bonchev–Trinajstić information content (AvgIpc) is 3.31. The van der Waals surface area contributed by atoms with Gasteiger partial charge in [0, 0.05) is 38.1 Å². The second-order valence-corrected chi connectivity index (χ2v) is 8.19. The maximum Gasteiger partial charge on any atom is 0.139 e. The molecule has 2 nitrogen and oxygen atoms in total. The molecule has 0 unspecified atom stereocenters. The van der Waals surface area contributed by atoms with E-state index in [0.29, 0.717) is 0 Å². The van der Waals surface area contributed by atoms with Crippen LogP contribution in [-0.4, -0.2) is 0 Å². The number of rotatable bonds is 2. The fourth-order valence-electron chi connectivity index (χ4n) is 4.62. The van der Waals surface area contributed by atoms with Crippen molar-refractivity contribution in [2.24, 2.45) is 0 Å². The molecule has 0 bridgehead atoms. The molecule has 2 heterocycles. The first kappa shape index (κ1) is 16.4. The molecule has 0 saturated heterocycles. The quantitative estimate of drug-likeness (QED) is 0.308. The van der Waals surface area contributed by atoms with Crippen LogP contribution in [0.25, 0.3) is 43.9 Å². The van der Waals surface area contributed by atoms with Gasteiger partial charge in [0.05, 0.1) is 0 Å². The lowest BCUT2D eigenvalue weighted by Crippen LogP contribution is -2.19. The minimum Gasteiger partial charge on any atom is -0.456 e. The standard InChI is InChI=1S/C27H20O2/c1-27(2,21-13-7-11-19-17-9-3-5-15-23(17)28-25(19)21)22-14-8-12-20-18-10-4-6-16-24(18)29-26(20)22/h3-16H,1-2H3. The smallest absolute Gasteiger partial charge is 0.139 e. The zero-order chi connectivity index (χ0) is 19.6. The van der Waals surface area contributed by atoms with E-state index < -0.39 is 0 Å². The van der Waals surface area contributed by atoms with E-state index in [1.165, 1.54) is 11.1 Å². The van der Waals surface area contributed by atoms with Crippen molar-refractivity contribution in [1.29, 1.82) is 0 Å². The first-order valence-corrected chi connectivity index (χ1v) is 9.96. The first-order chi connectivity index (χ1) is 14.1. The van der Waals surface area contributed by atoms with Gasteiger partial charge in [-0.3, -0.25) is 0 Å². The van der Waals surface area contributed by atoms with Gasteiger partial charge in [-0.05, 0) is 12.1 Å². The molecule has 0 spiro atoms. The van der Waals surface area contributed by atoms with Crippen LogP contribution in [0.15, 0.2) is 93.8 Å². The molecule has 0 saturated carbocycles. The second kappa shape index (κ2) is 5.74. The highest BCUT2D eigenvalue weighted by molar-refractivity contribution is 6.08. The third kappa shape index (κ3) is 2.23. The summed E-state index contributed by atoms with van der Waals surface area (Å²) < 4.78 is 12.7. The number of benzene rings is 4. The van der Waals surface area contributed by atoms with Gasteiger partial charge in [0.1, 0.15) is 22.3 Å². The molecule has 6 rings (SSSR count). The molecule has 0 N–H and O–H groups in total. The minimum absolute atomic E-state index is 0.291. The summed E-state index contributed by atoms with van der Waals surface area (Å²) in [6, 6.07) is 29.3. The van der Waals surface area contributed by atoms with Crippen molar-refractivity contribution in [2.45, 2.75) is 19.3 Å². The molecular formula is C27H20O2. The summed E-state index contributed by atoms with van der Waals surface area (Å²) in [5.41, 5.74) is 5.79. The Hall–Kier alpha value is -3.52. The van der Waals surface area contributed by atoms with Gasteiger partial charge in [-0.15, -0.1) is 0 Å². The third-order valence-electron chi connectivity index (χ3n) is 6.16. The normalized spacial score (nSPS) is 12.5. The van der Waals surface area contributed by atoms with Crippen LogP contribution in [0.2, 0.25) is 0 Å². The lowest BCUT2D eigenvalue weighted by Gasteiger charge is -2.26. The van der Waals surface area contributed by atoms with Gasteiger partial charge in [-0.2, -0.15) is 0 Å². The van der Waals surface area contributed by atoms with Crippen LogP contribution in [0.3, 0.4) is 0 Å². The van der Waals surface area contributed by atoms with Crippen LogP contribution in [0.4, 0.5) is 0 Å². The van der Waals surface area contributed by atoms with Crippen molar-refractivity contribution in [3.05, 3.63) is 96.1 Å². The molecule has 2 heteroatoms. The summed E-state index contributed by atoms with van der Waals surface area (Å²) in [6.07, 6.45) is 0. The van der Waals surface area contributed by atoms with Gasteiger partial charge in [0.2, 0.25) is 0 Å². The lowest BCUT2D eigenvalue weighted by atomic mass is 9.77. The van der Waals surface area contributed by atoms with Gasteiger partial charge >= 0.3 is 0 Å². The van der Waals surface area contributed by atoms with Crippen LogP contribution < -0.4 is 0 Å². The Morgan fingerprint density at radius 1 is 0.483 bits per heavy atom. The van der Waals surface area contributed by atoms with Gasteiger partial charge in [-0.1, -0.05) is 86.6 Å². The Morgan fingerprint density at radius 2 is 0.897 bits per heavy atom. The summed E-state index contributed by atoms with van der Waals surface area (Å²) in [5.74, 6) is 0. The molecular weight excluding hydrogens is 356 g/mol. The summed E-state index contributed by atoms with van der Waals surface area (Å²) in [5, 5.41) is 4.62. The van der Waals surface area contributed by atoms with Crippen LogP contribution >= 0.6 is 0 Å². The molecule has 2 aromatic heterocycles. The molecule has 0 aliphatic carbocycles. The Balaban J connectivity index is 1.67. The molecule has 0 fully saturated rings. The van der Waals surface area contributed by atoms with Crippen molar-refractivity contribution >= 4 is 43.9 Å². The fourth-order valence-corrected chi connectivity index (χ4v) is 4.62. The van der Waals surface area contributed by atoms with Crippen LogP contribution in [0.5, 0.6) is 0 Å². The van der Waals surface area contributed by atoms with Crippen LogP contribution in [0.1, 0.15) is 25.0 Å². The highest BCUT2D eigenvalue weighted by atomic mass is 16.3. The van der Waals surface area contributed by atoms with Crippen LogP contribution in [0, 0.1) is 0 Å². The van der Waals surface area contributed by atoms with E-state index in [2.05, 4.69) is 74.5 Å². The number of para-hydroxylation sites is 4. The van der Waals surface area contributed by atoms with E-state index in [-0.39, 0.29) is 5.41 Å². The summed E-state index contributed by atoms with van der Waals surface area (Å²) >= 11 is 0. The molecule has 29 heavy (non-hydrogen) atoms. The Bertz CT molecular complexity index is 1410. The van der Waals surface area contributed by atoms with Gasteiger partial charge in [0.25, 0.3) is 0 Å². The first-order valence-electron chi connectivity index (χ1n) is 9.96. The number of fused-ring (bicyclic) bond motifs is 6. The molecule has 4 aromatic carbocycles. The van der Waals surface area contributed by atoms with Crippen molar-refractivity contribution in [3.8, 4) is 0 Å². The Kier molecular flexibility index (Phi) is 3.25. The number of furan rings is 2. The van der Waals surface area contributed by atoms with Gasteiger partial charge in [0.15, 0.2) is 0 Å². The zero-order valence-electron chi connectivity index (χ0n) is 16.4. The minimum atomic E-state index is -0.291. The molecule has 0 amide bonds. The highest BCUT2D eigenvalue weighted by Crippen LogP contribution is 2.43. The molecule has 140 valence electrons. The monoisotopic (exact) mass is 376 g/mol. The van der Waals surface area contributed by atoms with Crippen molar-refractivity contribution < 1.29 is 8.83 Å². The van der Waals surface area contributed by atoms with E-state index in [4.69, 9.17) is 8.83 Å². The maximum atomic E-state index is 6.33. The van der Waals surface area contributed by atoms with E-state index >= 15 is 0 Å². The molecule has 6 aromatic rings. The predicted molar refractivity (Wildman–Crippen MR) is 120 cm³/mol. The topological polar surface area (TPSA) is 26.3 Å². The van der Waals surface area contributed by atoms with Crippen molar-refractivity contribution in [2.75, 3.05) is 0 Å². The Morgan fingerprint density at radius 3 is 1.38 bits per heavy atom. The predicted octanol–water partition coefficient (Wildman–Crippen LogP) is 7.81.